The third kappa shape index (κ3) is 4.10. The van der Waals surface area contributed by atoms with Crippen LogP contribution in [0.25, 0.3) is 0 Å². The highest BCUT2D eigenvalue weighted by molar-refractivity contribution is 5.77. The molecule has 26 heavy (non-hydrogen) atoms. The van der Waals surface area contributed by atoms with Crippen LogP contribution in [0.1, 0.15) is 51.4 Å². The van der Waals surface area contributed by atoms with Gasteiger partial charge in [0.05, 0.1) is 6.33 Å². The molecule has 3 heterocycles. The van der Waals surface area contributed by atoms with Gasteiger partial charge in [-0.3, -0.25) is 9.59 Å². The molecule has 2 amide bonds. The van der Waals surface area contributed by atoms with Crippen LogP contribution in [0.2, 0.25) is 0 Å². The fourth-order valence-corrected chi connectivity index (χ4v) is 4.51. The highest BCUT2D eigenvalue weighted by Gasteiger charge is 2.42. The normalized spacial score (nSPS) is 22.8. The quantitative estimate of drug-likeness (QED) is 0.784. The Balaban J connectivity index is 1.23. The van der Waals surface area contributed by atoms with Crippen LogP contribution < -0.4 is 0 Å². The second-order valence-corrected chi connectivity index (χ2v) is 8.50. The van der Waals surface area contributed by atoms with Crippen molar-refractivity contribution in [1.82, 2.24) is 19.4 Å². The molecule has 2 saturated heterocycles. The number of hydrogen-bond donors (Lipinski definition) is 0. The summed E-state index contributed by atoms with van der Waals surface area (Å²) in [5.74, 6) is 1.38. The molecule has 0 atom stereocenters. The van der Waals surface area contributed by atoms with Crippen LogP contribution in [0.15, 0.2) is 18.7 Å². The van der Waals surface area contributed by atoms with Crippen molar-refractivity contribution in [2.75, 3.05) is 26.2 Å². The lowest BCUT2D eigenvalue weighted by atomic mass is 9.72. The minimum atomic E-state index is 0.260. The van der Waals surface area contributed by atoms with E-state index in [0.29, 0.717) is 18.7 Å². The SMILES string of the molecule is O=C(CCCn1ccnc1)N1CCC2(CCC(=O)N(CC3CC3)C2)CC1. The Morgan fingerprint density at radius 2 is 2.04 bits per heavy atom. The van der Waals surface area contributed by atoms with Crippen LogP contribution in [0.3, 0.4) is 0 Å². The summed E-state index contributed by atoms with van der Waals surface area (Å²) in [4.78, 5) is 32.9. The monoisotopic (exact) mass is 358 g/mol. The molecule has 1 aromatic rings. The largest absolute Gasteiger partial charge is 0.343 e. The molecule has 142 valence electrons. The third-order valence-electron chi connectivity index (χ3n) is 6.47. The molecule has 0 N–H and O–H groups in total. The Morgan fingerprint density at radius 1 is 1.23 bits per heavy atom. The van der Waals surface area contributed by atoms with E-state index < -0.39 is 0 Å². The molecule has 3 fully saturated rings. The molecule has 6 heteroatoms. The summed E-state index contributed by atoms with van der Waals surface area (Å²) < 4.78 is 2.02. The van der Waals surface area contributed by atoms with Gasteiger partial charge in [-0.2, -0.15) is 0 Å². The average molecular weight is 358 g/mol. The molecular formula is C20H30N4O2. The van der Waals surface area contributed by atoms with Crippen molar-refractivity contribution in [2.45, 2.75) is 57.9 Å². The number of likely N-dealkylation sites (tertiary alicyclic amines) is 2. The number of piperidine rings is 2. The van der Waals surface area contributed by atoms with Gasteiger partial charge >= 0.3 is 0 Å². The zero-order valence-electron chi connectivity index (χ0n) is 15.6. The van der Waals surface area contributed by atoms with Crippen molar-refractivity contribution in [2.24, 2.45) is 11.3 Å². The highest BCUT2D eigenvalue weighted by atomic mass is 16.2. The van der Waals surface area contributed by atoms with Gasteiger partial charge in [0.15, 0.2) is 0 Å². The van der Waals surface area contributed by atoms with Gasteiger partial charge < -0.3 is 14.4 Å². The summed E-state index contributed by atoms with van der Waals surface area (Å²) in [6.07, 6.45) is 13.4. The summed E-state index contributed by atoms with van der Waals surface area (Å²) >= 11 is 0. The van der Waals surface area contributed by atoms with Gasteiger partial charge in [-0.25, -0.2) is 4.98 Å². The van der Waals surface area contributed by atoms with E-state index in [1.54, 1.807) is 12.5 Å². The zero-order chi connectivity index (χ0) is 18.0. The highest BCUT2D eigenvalue weighted by Crippen LogP contribution is 2.41. The zero-order valence-corrected chi connectivity index (χ0v) is 15.6. The third-order valence-corrected chi connectivity index (χ3v) is 6.47. The topological polar surface area (TPSA) is 58.4 Å². The van der Waals surface area contributed by atoms with Gasteiger partial charge in [0, 0.05) is 58.0 Å². The van der Waals surface area contributed by atoms with E-state index in [9.17, 15) is 9.59 Å². The first-order valence-electron chi connectivity index (χ1n) is 10.1. The van der Waals surface area contributed by atoms with Gasteiger partial charge in [0.2, 0.25) is 11.8 Å². The minimum Gasteiger partial charge on any atom is -0.343 e. The summed E-state index contributed by atoms with van der Waals surface area (Å²) in [6, 6.07) is 0. The number of rotatable bonds is 6. The molecule has 0 unspecified atom stereocenters. The predicted molar refractivity (Wildman–Crippen MR) is 98.2 cm³/mol. The fraction of sp³-hybridized carbons (Fsp3) is 0.750. The number of imidazole rings is 1. The van der Waals surface area contributed by atoms with Crippen LogP contribution in [-0.4, -0.2) is 57.3 Å². The Bertz CT molecular complexity index is 630. The Hall–Kier alpha value is -1.85. The van der Waals surface area contributed by atoms with Gasteiger partial charge in [-0.15, -0.1) is 0 Å². The van der Waals surface area contributed by atoms with Crippen LogP contribution in [0.5, 0.6) is 0 Å². The fourth-order valence-electron chi connectivity index (χ4n) is 4.51. The van der Waals surface area contributed by atoms with Crippen LogP contribution in [-0.2, 0) is 16.1 Å². The molecule has 1 aromatic heterocycles. The minimum absolute atomic E-state index is 0.260. The number of nitrogens with zero attached hydrogens (tertiary/aromatic N) is 4. The molecule has 0 radical (unpaired) electrons. The number of hydrogen-bond acceptors (Lipinski definition) is 3. The lowest BCUT2D eigenvalue weighted by molar-refractivity contribution is -0.142. The summed E-state index contributed by atoms with van der Waals surface area (Å²) in [7, 11) is 0. The van der Waals surface area contributed by atoms with E-state index in [0.717, 1.165) is 64.3 Å². The maximum absolute atomic E-state index is 12.5. The van der Waals surface area contributed by atoms with Gasteiger partial charge in [-0.1, -0.05) is 0 Å². The van der Waals surface area contributed by atoms with Crippen LogP contribution >= 0.6 is 0 Å². The van der Waals surface area contributed by atoms with Gasteiger partial charge in [0.25, 0.3) is 0 Å². The van der Waals surface area contributed by atoms with Crippen molar-refractivity contribution in [3.63, 3.8) is 0 Å². The summed E-state index contributed by atoms with van der Waals surface area (Å²) in [5.41, 5.74) is 0.260. The van der Waals surface area contributed by atoms with Gasteiger partial charge in [-0.05, 0) is 49.9 Å². The molecule has 0 aromatic carbocycles. The number of aromatic nitrogens is 2. The van der Waals surface area contributed by atoms with Crippen molar-refractivity contribution in [1.29, 1.82) is 0 Å². The Morgan fingerprint density at radius 3 is 2.73 bits per heavy atom. The van der Waals surface area contributed by atoms with Crippen molar-refractivity contribution < 1.29 is 9.59 Å². The van der Waals surface area contributed by atoms with E-state index in [2.05, 4.69) is 9.88 Å². The van der Waals surface area contributed by atoms with Crippen molar-refractivity contribution in [3.05, 3.63) is 18.7 Å². The Kier molecular flexibility index (Phi) is 5.00. The maximum Gasteiger partial charge on any atom is 0.222 e. The van der Waals surface area contributed by atoms with E-state index in [4.69, 9.17) is 0 Å². The van der Waals surface area contributed by atoms with E-state index in [1.165, 1.54) is 12.8 Å². The summed E-state index contributed by atoms with van der Waals surface area (Å²) in [6.45, 7) is 4.45. The summed E-state index contributed by atoms with van der Waals surface area (Å²) in [5, 5.41) is 0. The first-order chi connectivity index (χ1) is 12.6. The molecule has 3 aliphatic rings. The Labute approximate surface area is 155 Å². The molecule has 6 nitrogen and oxygen atoms in total. The lowest BCUT2D eigenvalue weighted by Gasteiger charge is -2.47. The number of aryl methyl sites for hydroxylation is 1. The lowest BCUT2D eigenvalue weighted by Crippen LogP contribution is -2.52. The molecular weight excluding hydrogens is 328 g/mol. The van der Waals surface area contributed by atoms with Crippen molar-refractivity contribution in [3.8, 4) is 0 Å². The first kappa shape index (κ1) is 17.6. The smallest absolute Gasteiger partial charge is 0.222 e. The maximum atomic E-state index is 12.5. The van der Waals surface area contributed by atoms with E-state index in [1.807, 2.05) is 15.7 Å². The second-order valence-electron chi connectivity index (χ2n) is 8.50. The standard InChI is InChI=1S/C20H30N4O2/c25-18(2-1-10-22-13-9-21-16-22)23-11-7-20(8-12-23)6-5-19(26)24(15-20)14-17-3-4-17/h9,13,16-17H,1-8,10-12,14-15H2. The molecule has 1 spiro atoms. The van der Waals surface area contributed by atoms with Crippen molar-refractivity contribution >= 4 is 11.8 Å². The van der Waals surface area contributed by atoms with E-state index in [-0.39, 0.29) is 11.3 Å². The number of carbonyl (C=O) groups is 2. The van der Waals surface area contributed by atoms with E-state index >= 15 is 0 Å². The first-order valence-corrected chi connectivity index (χ1v) is 10.1. The second kappa shape index (κ2) is 7.41. The molecule has 2 aliphatic heterocycles. The van der Waals surface area contributed by atoms with Gasteiger partial charge in [0.1, 0.15) is 0 Å². The van der Waals surface area contributed by atoms with Crippen LogP contribution in [0.4, 0.5) is 0 Å². The molecule has 1 aliphatic carbocycles. The molecule has 0 bridgehead atoms. The van der Waals surface area contributed by atoms with Crippen LogP contribution in [0, 0.1) is 11.3 Å². The molecule has 1 saturated carbocycles. The predicted octanol–water partition coefficient (Wildman–Crippen LogP) is 2.30. The number of amides is 2. The average Bonchev–Trinajstić information content (AvgIpc) is 3.31. The number of carbonyl (C=O) groups excluding carboxylic acids is 2. The molecule has 4 rings (SSSR count).